The Morgan fingerprint density at radius 2 is 2.00 bits per heavy atom. The number of carbonyl (C=O) groups excluding carboxylic acids is 1. The minimum Gasteiger partial charge on any atom is -0.341 e. The fourth-order valence-corrected chi connectivity index (χ4v) is 1.46. The first-order valence-electron chi connectivity index (χ1n) is 3.71. The minimum atomic E-state index is -0.0241. The molecule has 0 fully saturated rings. The van der Waals surface area contributed by atoms with E-state index in [9.17, 15) is 4.79 Å². The van der Waals surface area contributed by atoms with Crippen LogP contribution in [0.25, 0.3) is 0 Å². The van der Waals surface area contributed by atoms with Crippen LogP contribution >= 0.6 is 22.6 Å². The first-order valence-corrected chi connectivity index (χ1v) is 4.79. The summed E-state index contributed by atoms with van der Waals surface area (Å²) >= 11 is 1.73. The normalized spacial score (nSPS) is 12.2. The van der Waals surface area contributed by atoms with Gasteiger partial charge in [0.1, 0.15) is 0 Å². The van der Waals surface area contributed by atoms with E-state index in [1.165, 1.54) is 0 Å². The van der Waals surface area contributed by atoms with Crippen LogP contribution in [-0.4, -0.2) is 3.91 Å². The lowest BCUT2D eigenvalue weighted by molar-refractivity contribution is 0.260. The highest BCUT2D eigenvalue weighted by Crippen LogP contribution is 2.11. The van der Waals surface area contributed by atoms with Crippen LogP contribution in [0.2, 0.25) is 0 Å². The maximum atomic E-state index is 10.7. The third kappa shape index (κ3) is 2.81. The van der Waals surface area contributed by atoms with Gasteiger partial charge in [0.15, 0.2) is 0 Å². The molecule has 0 radical (unpaired) electrons. The van der Waals surface area contributed by atoms with E-state index in [4.69, 9.17) is 0 Å². The first-order chi connectivity index (χ1) is 5.70. The number of carbonyl (C=O) groups is 1. The highest BCUT2D eigenvalue weighted by molar-refractivity contribution is 14.1. The number of nitrogens with one attached hydrogen (secondary N) is 1. The molecular formula is C9H10INO. The zero-order valence-electron chi connectivity index (χ0n) is 6.75. The van der Waals surface area contributed by atoms with Crippen molar-refractivity contribution in [2.24, 2.45) is 0 Å². The number of amides is 1. The van der Waals surface area contributed by atoms with Gasteiger partial charge in [-0.3, -0.25) is 4.79 Å². The smallest absolute Gasteiger partial charge is 0.281 e. The Bertz CT molecular complexity index is 260. The number of halogens is 1. The Hall–Kier alpha value is -0.580. The van der Waals surface area contributed by atoms with Crippen molar-refractivity contribution in [1.82, 2.24) is 5.32 Å². The van der Waals surface area contributed by atoms with Crippen LogP contribution < -0.4 is 5.32 Å². The molecule has 1 amide bonds. The lowest BCUT2D eigenvalue weighted by Crippen LogP contribution is -2.20. The average Bonchev–Trinajstić information content (AvgIpc) is 2.05. The molecule has 0 aliphatic rings. The predicted octanol–water partition coefficient (Wildman–Crippen LogP) is 2.89. The maximum absolute atomic E-state index is 10.7. The van der Waals surface area contributed by atoms with Crippen LogP contribution in [0.1, 0.15) is 18.5 Å². The third-order valence-electron chi connectivity index (χ3n) is 1.63. The van der Waals surface area contributed by atoms with Gasteiger partial charge in [-0.05, 0) is 12.5 Å². The molecule has 0 aliphatic heterocycles. The molecule has 1 N–H and O–H groups in total. The van der Waals surface area contributed by atoms with Crippen LogP contribution in [0.15, 0.2) is 30.3 Å². The Balaban J connectivity index is 2.65. The maximum Gasteiger partial charge on any atom is 0.281 e. The monoisotopic (exact) mass is 275 g/mol. The van der Waals surface area contributed by atoms with Gasteiger partial charge in [-0.15, -0.1) is 0 Å². The summed E-state index contributed by atoms with van der Waals surface area (Å²) in [4.78, 5) is 10.7. The second kappa shape index (κ2) is 4.45. The standard InChI is InChI=1S/C9H10INO/c1-7(11-9(10)12)8-5-3-2-4-6-8/h2-7H,1H3,(H,11,12)/t7-/m1/s1. The molecule has 64 valence electrons. The summed E-state index contributed by atoms with van der Waals surface area (Å²) in [5.74, 6) is 0. The Kier molecular flexibility index (Phi) is 3.52. The van der Waals surface area contributed by atoms with Crippen molar-refractivity contribution < 1.29 is 4.79 Å². The van der Waals surface area contributed by atoms with Crippen molar-refractivity contribution in [2.45, 2.75) is 13.0 Å². The molecule has 0 saturated heterocycles. The van der Waals surface area contributed by atoms with Gasteiger partial charge >= 0.3 is 0 Å². The number of hydrogen-bond donors (Lipinski definition) is 1. The molecule has 0 heterocycles. The number of hydrogen-bond acceptors (Lipinski definition) is 1. The van der Waals surface area contributed by atoms with E-state index in [1.54, 1.807) is 22.6 Å². The molecule has 12 heavy (non-hydrogen) atoms. The highest BCUT2D eigenvalue weighted by atomic mass is 127. The van der Waals surface area contributed by atoms with Crippen molar-refractivity contribution in [3.8, 4) is 0 Å². The molecule has 0 bridgehead atoms. The zero-order valence-corrected chi connectivity index (χ0v) is 8.91. The Morgan fingerprint density at radius 3 is 2.50 bits per heavy atom. The molecule has 1 aromatic carbocycles. The van der Waals surface area contributed by atoms with Gasteiger partial charge in [0.05, 0.1) is 6.04 Å². The Labute approximate surface area is 85.5 Å². The van der Waals surface area contributed by atoms with E-state index in [1.807, 2.05) is 37.3 Å². The molecule has 0 spiro atoms. The summed E-state index contributed by atoms with van der Waals surface area (Å²) in [7, 11) is 0. The van der Waals surface area contributed by atoms with Crippen LogP contribution in [0, 0.1) is 0 Å². The Morgan fingerprint density at radius 1 is 1.42 bits per heavy atom. The molecule has 1 rings (SSSR count). The third-order valence-corrected chi connectivity index (χ3v) is 1.94. The van der Waals surface area contributed by atoms with Gasteiger partial charge < -0.3 is 5.32 Å². The van der Waals surface area contributed by atoms with Gasteiger partial charge in [0, 0.05) is 22.6 Å². The lowest BCUT2D eigenvalue weighted by Gasteiger charge is -2.11. The second-order valence-electron chi connectivity index (χ2n) is 2.55. The number of benzene rings is 1. The molecule has 0 saturated carbocycles. The van der Waals surface area contributed by atoms with E-state index >= 15 is 0 Å². The van der Waals surface area contributed by atoms with Crippen LogP contribution in [-0.2, 0) is 0 Å². The van der Waals surface area contributed by atoms with E-state index < -0.39 is 0 Å². The van der Waals surface area contributed by atoms with Crippen molar-refractivity contribution in [2.75, 3.05) is 0 Å². The summed E-state index contributed by atoms with van der Waals surface area (Å²) in [6.45, 7) is 1.96. The lowest BCUT2D eigenvalue weighted by atomic mass is 10.1. The van der Waals surface area contributed by atoms with Gasteiger partial charge in [0.25, 0.3) is 3.91 Å². The van der Waals surface area contributed by atoms with Gasteiger partial charge in [0.2, 0.25) is 0 Å². The van der Waals surface area contributed by atoms with Crippen LogP contribution in [0.4, 0.5) is 4.79 Å². The molecular weight excluding hydrogens is 265 g/mol. The quantitative estimate of drug-likeness (QED) is 0.502. The average molecular weight is 275 g/mol. The summed E-state index contributed by atoms with van der Waals surface area (Å²) in [6.07, 6.45) is 0. The molecule has 0 aromatic heterocycles. The summed E-state index contributed by atoms with van der Waals surface area (Å²) < 4.78 is -0.0241. The molecule has 2 nitrogen and oxygen atoms in total. The largest absolute Gasteiger partial charge is 0.341 e. The topological polar surface area (TPSA) is 29.1 Å². The van der Waals surface area contributed by atoms with E-state index in [-0.39, 0.29) is 9.96 Å². The van der Waals surface area contributed by atoms with Crippen molar-refractivity contribution in [3.05, 3.63) is 35.9 Å². The molecule has 1 atom stereocenters. The first kappa shape index (κ1) is 9.51. The van der Waals surface area contributed by atoms with Gasteiger partial charge in [-0.1, -0.05) is 30.3 Å². The second-order valence-corrected chi connectivity index (χ2v) is 3.53. The van der Waals surface area contributed by atoms with Crippen LogP contribution in [0.5, 0.6) is 0 Å². The fraction of sp³-hybridized carbons (Fsp3) is 0.222. The fourth-order valence-electron chi connectivity index (χ4n) is 0.995. The minimum absolute atomic E-state index is 0.0241. The van der Waals surface area contributed by atoms with Crippen molar-refractivity contribution in [3.63, 3.8) is 0 Å². The summed E-state index contributed by atoms with van der Waals surface area (Å²) in [5, 5.41) is 2.81. The molecule has 0 aliphatic carbocycles. The predicted molar refractivity (Wildman–Crippen MR) is 57.4 cm³/mol. The zero-order chi connectivity index (χ0) is 8.97. The van der Waals surface area contributed by atoms with Crippen molar-refractivity contribution in [1.29, 1.82) is 0 Å². The van der Waals surface area contributed by atoms with E-state index in [0.717, 1.165) is 5.56 Å². The van der Waals surface area contributed by atoms with Crippen molar-refractivity contribution >= 4 is 26.5 Å². The SMILES string of the molecule is C[C@@H](NC(=O)I)c1ccccc1. The van der Waals surface area contributed by atoms with E-state index in [2.05, 4.69) is 5.32 Å². The number of rotatable bonds is 2. The molecule has 0 unspecified atom stereocenters. The van der Waals surface area contributed by atoms with Gasteiger partial charge in [-0.25, -0.2) is 0 Å². The highest BCUT2D eigenvalue weighted by Gasteiger charge is 2.04. The summed E-state index contributed by atoms with van der Waals surface area (Å²) in [6, 6.07) is 9.98. The molecule has 1 aromatic rings. The summed E-state index contributed by atoms with van der Waals surface area (Å²) in [5.41, 5.74) is 1.13. The van der Waals surface area contributed by atoms with E-state index in [0.29, 0.717) is 0 Å². The van der Waals surface area contributed by atoms with Crippen LogP contribution in [0.3, 0.4) is 0 Å². The molecule has 3 heteroatoms. The van der Waals surface area contributed by atoms with Gasteiger partial charge in [-0.2, -0.15) is 0 Å².